The van der Waals surface area contributed by atoms with Gasteiger partial charge < -0.3 is 10.5 Å². The van der Waals surface area contributed by atoms with E-state index in [1.807, 2.05) is 18.5 Å². The molecule has 1 atom stereocenters. The molecule has 0 saturated heterocycles. The number of aryl methyl sites for hydroxylation is 2. The first-order valence-electron chi connectivity index (χ1n) is 6.40. The Hall–Kier alpha value is -1.66. The Balaban J connectivity index is 2.25. The van der Waals surface area contributed by atoms with Gasteiger partial charge in [-0.2, -0.15) is 5.10 Å². The van der Waals surface area contributed by atoms with Crippen molar-refractivity contribution in [3.8, 4) is 5.88 Å². The van der Waals surface area contributed by atoms with Crippen LogP contribution in [0.25, 0.3) is 0 Å². The Kier molecular flexibility index (Phi) is 4.57. The summed E-state index contributed by atoms with van der Waals surface area (Å²) in [5.41, 5.74) is 8.67. The quantitative estimate of drug-likeness (QED) is 0.911. The number of nitrogens with two attached hydrogens (primary N) is 1. The van der Waals surface area contributed by atoms with Crippen LogP contribution in [0.4, 0.5) is 0 Å². The fourth-order valence-corrected chi connectivity index (χ4v) is 2.26. The fourth-order valence-electron chi connectivity index (χ4n) is 2.04. The summed E-state index contributed by atoms with van der Waals surface area (Å²) in [5, 5.41) is 5.05. The van der Waals surface area contributed by atoms with Gasteiger partial charge in [0.1, 0.15) is 6.33 Å². The Morgan fingerprint density at radius 1 is 1.45 bits per heavy atom. The number of ether oxygens (including phenoxy) is 1. The van der Waals surface area contributed by atoms with Gasteiger partial charge in [0.05, 0.1) is 35.3 Å². The number of methoxy groups -OCH3 is 1. The molecule has 6 nitrogen and oxygen atoms in total. The van der Waals surface area contributed by atoms with E-state index in [2.05, 4.69) is 15.1 Å². The van der Waals surface area contributed by atoms with Gasteiger partial charge in [-0.25, -0.2) is 9.97 Å². The largest absolute Gasteiger partial charge is 0.481 e. The molecule has 1 unspecified atom stereocenters. The highest BCUT2D eigenvalue weighted by Crippen LogP contribution is 2.25. The predicted octanol–water partition coefficient (Wildman–Crippen LogP) is 1.91. The molecule has 0 saturated carbocycles. The maximum atomic E-state index is 6.29. The van der Waals surface area contributed by atoms with Gasteiger partial charge in [-0.3, -0.25) is 4.68 Å². The molecule has 0 radical (unpaired) electrons. The Bertz CT molecular complexity index is 598. The first-order chi connectivity index (χ1) is 9.56. The minimum Gasteiger partial charge on any atom is -0.481 e. The predicted molar refractivity (Wildman–Crippen MR) is 76.9 cm³/mol. The molecule has 2 N–H and O–H groups in total. The zero-order valence-electron chi connectivity index (χ0n) is 11.8. The van der Waals surface area contributed by atoms with Gasteiger partial charge in [0.2, 0.25) is 5.88 Å². The average Bonchev–Trinajstić information content (AvgIpc) is 2.75. The molecule has 108 valence electrons. The van der Waals surface area contributed by atoms with E-state index >= 15 is 0 Å². The van der Waals surface area contributed by atoms with E-state index in [0.29, 0.717) is 17.3 Å². The van der Waals surface area contributed by atoms with Crippen LogP contribution in [-0.4, -0.2) is 26.9 Å². The maximum absolute atomic E-state index is 6.29. The highest BCUT2D eigenvalue weighted by molar-refractivity contribution is 6.31. The standard InChI is InChI=1S/C13H18ClN5O/c1-4-19-11(13(14)8(2)18-19)5-9(15)10-6-12(20-3)17-7-16-10/h6-7,9H,4-5,15H2,1-3H3. The van der Waals surface area contributed by atoms with E-state index in [0.717, 1.165) is 23.6 Å². The number of rotatable bonds is 5. The van der Waals surface area contributed by atoms with Crippen molar-refractivity contribution in [2.75, 3.05) is 7.11 Å². The summed E-state index contributed by atoms with van der Waals surface area (Å²) >= 11 is 6.29. The second kappa shape index (κ2) is 6.19. The van der Waals surface area contributed by atoms with Crippen LogP contribution in [0.3, 0.4) is 0 Å². The highest BCUT2D eigenvalue weighted by Gasteiger charge is 2.18. The van der Waals surface area contributed by atoms with E-state index < -0.39 is 0 Å². The number of hydrogen-bond acceptors (Lipinski definition) is 5. The topological polar surface area (TPSA) is 78.9 Å². The van der Waals surface area contributed by atoms with Crippen molar-refractivity contribution in [1.29, 1.82) is 0 Å². The van der Waals surface area contributed by atoms with Crippen molar-refractivity contribution in [2.45, 2.75) is 32.9 Å². The Morgan fingerprint density at radius 2 is 2.20 bits per heavy atom. The van der Waals surface area contributed by atoms with Crippen LogP contribution in [0.2, 0.25) is 5.02 Å². The summed E-state index contributed by atoms with van der Waals surface area (Å²) in [4.78, 5) is 8.16. The molecule has 0 amide bonds. The Labute approximate surface area is 122 Å². The first kappa shape index (κ1) is 14.7. The molecule has 2 heterocycles. The van der Waals surface area contributed by atoms with Crippen LogP contribution >= 0.6 is 11.6 Å². The fraction of sp³-hybridized carbons (Fsp3) is 0.462. The summed E-state index contributed by atoms with van der Waals surface area (Å²) in [7, 11) is 1.56. The summed E-state index contributed by atoms with van der Waals surface area (Å²) in [6, 6.07) is 1.45. The number of hydrogen-bond donors (Lipinski definition) is 1. The van der Waals surface area contributed by atoms with E-state index in [-0.39, 0.29) is 6.04 Å². The van der Waals surface area contributed by atoms with Crippen LogP contribution in [-0.2, 0) is 13.0 Å². The van der Waals surface area contributed by atoms with Gasteiger partial charge in [-0.15, -0.1) is 0 Å². The van der Waals surface area contributed by atoms with Crippen molar-refractivity contribution in [2.24, 2.45) is 5.73 Å². The van der Waals surface area contributed by atoms with E-state index in [9.17, 15) is 0 Å². The van der Waals surface area contributed by atoms with Gasteiger partial charge in [0, 0.05) is 19.0 Å². The van der Waals surface area contributed by atoms with Crippen molar-refractivity contribution in [3.63, 3.8) is 0 Å². The molecular formula is C13H18ClN5O. The molecule has 7 heteroatoms. The van der Waals surface area contributed by atoms with E-state index in [1.54, 1.807) is 13.2 Å². The number of nitrogens with zero attached hydrogens (tertiary/aromatic N) is 4. The second-order valence-corrected chi connectivity index (χ2v) is 4.84. The van der Waals surface area contributed by atoms with Crippen molar-refractivity contribution >= 4 is 11.6 Å². The summed E-state index contributed by atoms with van der Waals surface area (Å²) < 4.78 is 6.95. The van der Waals surface area contributed by atoms with Gasteiger partial charge in [0.15, 0.2) is 0 Å². The van der Waals surface area contributed by atoms with Gasteiger partial charge in [0.25, 0.3) is 0 Å². The third kappa shape index (κ3) is 2.91. The van der Waals surface area contributed by atoms with E-state index in [1.165, 1.54) is 6.33 Å². The molecule has 2 aromatic rings. The lowest BCUT2D eigenvalue weighted by molar-refractivity contribution is 0.395. The highest BCUT2D eigenvalue weighted by atomic mass is 35.5. The first-order valence-corrected chi connectivity index (χ1v) is 6.77. The lowest BCUT2D eigenvalue weighted by atomic mass is 10.1. The molecule has 0 aliphatic carbocycles. The van der Waals surface area contributed by atoms with Crippen LogP contribution in [0, 0.1) is 6.92 Å². The molecule has 2 aromatic heterocycles. The van der Waals surface area contributed by atoms with Gasteiger partial charge in [-0.05, 0) is 13.8 Å². The van der Waals surface area contributed by atoms with Crippen LogP contribution < -0.4 is 10.5 Å². The molecular weight excluding hydrogens is 278 g/mol. The van der Waals surface area contributed by atoms with Crippen LogP contribution in [0.1, 0.15) is 30.0 Å². The van der Waals surface area contributed by atoms with Gasteiger partial charge in [-0.1, -0.05) is 11.6 Å². The molecule has 0 bridgehead atoms. The molecule has 0 aromatic carbocycles. The summed E-state index contributed by atoms with van der Waals surface area (Å²) in [6.45, 7) is 4.66. The lowest BCUT2D eigenvalue weighted by Gasteiger charge is -2.13. The molecule has 20 heavy (non-hydrogen) atoms. The lowest BCUT2D eigenvalue weighted by Crippen LogP contribution is -2.18. The third-order valence-corrected chi connectivity index (χ3v) is 3.61. The molecule has 0 fully saturated rings. The average molecular weight is 296 g/mol. The zero-order chi connectivity index (χ0) is 14.7. The smallest absolute Gasteiger partial charge is 0.216 e. The molecule has 0 aliphatic heterocycles. The number of halogens is 1. The van der Waals surface area contributed by atoms with Crippen LogP contribution in [0.15, 0.2) is 12.4 Å². The van der Waals surface area contributed by atoms with E-state index in [4.69, 9.17) is 22.1 Å². The van der Waals surface area contributed by atoms with Gasteiger partial charge >= 0.3 is 0 Å². The normalized spacial score (nSPS) is 12.4. The minimum atomic E-state index is -0.286. The van der Waals surface area contributed by atoms with Crippen LogP contribution in [0.5, 0.6) is 5.88 Å². The summed E-state index contributed by atoms with van der Waals surface area (Å²) in [5.74, 6) is 0.497. The third-order valence-electron chi connectivity index (χ3n) is 3.12. The maximum Gasteiger partial charge on any atom is 0.216 e. The van der Waals surface area contributed by atoms with Crippen molar-refractivity contribution < 1.29 is 4.74 Å². The SMILES string of the molecule is CCn1nc(C)c(Cl)c1CC(N)c1cc(OC)ncn1. The van der Waals surface area contributed by atoms with Crippen molar-refractivity contribution in [1.82, 2.24) is 19.7 Å². The minimum absolute atomic E-state index is 0.286. The molecule has 0 spiro atoms. The van der Waals surface area contributed by atoms with Crippen molar-refractivity contribution in [3.05, 3.63) is 34.5 Å². The Morgan fingerprint density at radius 3 is 2.85 bits per heavy atom. The molecule has 0 aliphatic rings. The second-order valence-electron chi connectivity index (χ2n) is 4.46. The zero-order valence-corrected chi connectivity index (χ0v) is 12.6. The monoisotopic (exact) mass is 295 g/mol. The number of aromatic nitrogens is 4. The summed E-state index contributed by atoms with van der Waals surface area (Å²) in [6.07, 6.45) is 2.01. The molecule has 2 rings (SSSR count).